The third kappa shape index (κ3) is 4.03. The van der Waals surface area contributed by atoms with Crippen LogP contribution in [0.15, 0.2) is 48.2 Å². The second-order valence-corrected chi connectivity index (χ2v) is 9.80. The minimum atomic E-state index is -0.890. The molecule has 0 bridgehead atoms. The van der Waals surface area contributed by atoms with Gasteiger partial charge in [0.2, 0.25) is 5.52 Å². The number of carboxylic acid groups (broad SMARTS) is 1. The first-order chi connectivity index (χ1) is 16.3. The van der Waals surface area contributed by atoms with Crippen LogP contribution in [0, 0.1) is 18.3 Å². The Morgan fingerprint density at radius 1 is 1.29 bits per heavy atom. The van der Waals surface area contributed by atoms with E-state index >= 15 is 0 Å². The van der Waals surface area contributed by atoms with Crippen molar-refractivity contribution in [2.75, 3.05) is 18.1 Å². The molecule has 1 aromatic heterocycles. The molecule has 0 fully saturated rings. The maximum Gasteiger partial charge on any atom is 0.305 e. The summed E-state index contributed by atoms with van der Waals surface area (Å²) in [6.45, 7) is 7.41. The Bertz CT molecular complexity index is 1350. The molecule has 4 rings (SSSR count). The van der Waals surface area contributed by atoms with E-state index in [0.29, 0.717) is 18.6 Å². The number of ether oxygens (including phenoxy) is 1. The van der Waals surface area contributed by atoms with Crippen molar-refractivity contribution in [3.8, 4) is 6.07 Å². The van der Waals surface area contributed by atoms with E-state index in [1.165, 1.54) is 11.3 Å². The maximum atomic E-state index is 11.4. The summed E-state index contributed by atoms with van der Waals surface area (Å²) in [6.07, 6.45) is -0.0502. The lowest BCUT2D eigenvalue weighted by Gasteiger charge is -2.27. The molecule has 0 amide bonds. The van der Waals surface area contributed by atoms with Gasteiger partial charge in [0.25, 0.3) is 11.5 Å². The van der Waals surface area contributed by atoms with Gasteiger partial charge < -0.3 is 14.7 Å². The van der Waals surface area contributed by atoms with E-state index in [9.17, 15) is 20.0 Å². The first-order valence-corrected chi connectivity index (χ1v) is 11.8. The third-order valence-corrected chi connectivity index (χ3v) is 7.38. The molecule has 0 spiro atoms. The number of carboxylic acids is 1. The molecule has 3 aromatic rings. The van der Waals surface area contributed by atoms with E-state index in [-0.39, 0.29) is 19.6 Å². The number of aliphatic carboxylic acids is 1. The number of aryl methyl sites for hydroxylation is 1. The van der Waals surface area contributed by atoms with E-state index in [4.69, 9.17) is 4.74 Å². The molecule has 2 aromatic carbocycles. The molecule has 1 aliphatic heterocycles. The van der Waals surface area contributed by atoms with Crippen molar-refractivity contribution < 1.29 is 24.0 Å². The minimum Gasteiger partial charge on any atom is -0.481 e. The quantitative estimate of drug-likeness (QED) is 0.227. The lowest BCUT2D eigenvalue weighted by molar-refractivity contribution is -0.670. The molecule has 8 heteroatoms. The van der Waals surface area contributed by atoms with Crippen LogP contribution in [0.1, 0.15) is 36.4 Å². The second-order valence-electron chi connectivity index (χ2n) is 8.77. The normalized spacial score (nSPS) is 15.6. The summed E-state index contributed by atoms with van der Waals surface area (Å²) in [7, 11) is 0. The van der Waals surface area contributed by atoms with E-state index < -0.39 is 11.4 Å². The Morgan fingerprint density at radius 2 is 2.06 bits per heavy atom. The molecule has 0 saturated carbocycles. The van der Waals surface area contributed by atoms with E-state index in [0.717, 1.165) is 37.7 Å². The van der Waals surface area contributed by atoms with Crippen molar-refractivity contribution in [1.29, 1.82) is 5.26 Å². The average molecular weight is 477 g/mol. The number of anilines is 1. The monoisotopic (exact) mass is 476 g/mol. The highest BCUT2D eigenvalue weighted by molar-refractivity contribution is 7.19. The number of fused-ring (bicyclic) bond motifs is 2. The molecular formula is C26H26N3O4S+. The Hall–Kier alpha value is -3.70. The van der Waals surface area contributed by atoms with Crippen molar-refractivity contribution in [3.63, 3.8) is 0 Å². The Labute approximate surface area is 202 Å². The topological polar surface area (TPSA) is 94.5 Å². The first kappa shape index (κ1) is 23.5. The fraction of sp³-hybridized carbons (Fsp3) is 0.308. The van der Waals surface area contributed by atoms with E-state index in [2.05, 4.69) is 26.0 Å². The largest absolute Gasteiger partial charge is 0.481 e. The number of aromatic nitrogens is 1. The van der Waals surface area contributed by atoms with Crippen LogP contribution in [0.4, 0.5) is 5.69 Å². The van der Waals surface area contributed by atoms with Gasteiger partial charge in [0.05, 0.1) is 12.1 Å². The zero-order chi connectivity index (χ0) is 24.5. The predicted octanol–water partition coefficient (Wildman–Crippen LogP) is 4.18. The number of rotatable bonds is 8. The van der Waals surface area contributed by atoms with Gasteiger partial charge in [-0.2, -0.15) is 9.83 Å². The molecule has 0 saturated heterocycles. The van der Waals surface area contributed by atoms with Crippen molar-refractivity contribution in [2.24, 2.45) is 0 Å². The number of thiazole rings is 1. The SMILES string of the molecule is Cc1ccc2sc(/C(C#N)=C3/N(CCC(=O)O)c4ccccc4C3(C)C)[n+](CCOC=O)c2c1. The maximum absolute atomic E-state index is 11.4. The summed E-state index contributed by atoms with van der Waals surface area (Å²) in [5.74, 6) is -0.890. The smallest absolute Gasteiger partial charge is 0.305 e. The Morgan fingerprint density at radius 3 is 2.76 bits per heavy atom. The van der Waals surface area contributed by atoms with Crippen LogP contribution < -0.4 is 9.47 Å². The number of benzene rings is 2. The minimum absolute atomic E-state index is 0.0502. The van der Waals surface area contributed by atoms with Gasteiger partial charge in [-0.3, -0.25) is 9.59 Å². The van der Waals surface area contributed by atoms with Gasteiger partial charge in [-0.05, 0) is 30.2 Å². The summed E-state index contributed by atoms with van der Waals surface area (Å²) < 4.78 is 8.03. The molecule has 1 aliphatic rings. The van der Waals surface area contributed by atoms with Gasteiger partial charge in [-0.15, -0.1) is 0 Å². The molecule has 174 valence electrons. The van der Waals surface area contributed by atoms with E-state index in [1.807, 2.05) is 52.8 Å². The summed E-state index contributed by atoms with van der Waals surface area (Å²) in [4.78, 5) is 24.2. The van der Waals surface area contributed by atoms with Crippen molar-refractivity contribution >= 4 is 45.3 Å². The average Bonchev–Trinajstić information content (AvgIpc) is 3.26. The molecule has 0 aliphatic carbocycles. The van der Waals surface area contributed by atoms with Crippen molar-refractivity contribution in [3.05, 3.63) is 64.3 Å². The van der Waals surface area contributed by atoms with Crippen LogP contribution in [0.25, 0.3) is 15.8 Å². The third-order valence-electron chi connectivity index (χ3n) is 6.20. The van der Waals surface area contributed by atoms with Crippen molar-refractivity contribution in [2.45, 2.75) is 39.2 Å². The molecular weight excluding hydrogens is 450 g/mol. The van der Waals surface area contributed by atoms with Crippen LogP contribution in [0.3, 0.4) is 0 Å². The molecule has 2 heterocycles. The number of nitrogens with zero attached hydrogens (tertiary/aromatic N) is 3. The highest BCUT2D eigenvalue weighted by Gasteiger charge is 2.44. The van der Waals surface area contributed by atoms with Crippen LogP contribution in [-0.4, -0.2) is 30.7 Å². The van der Waals surface area contributed by atoms with Gasteiger partial charge in [-0.25, -0.2) is 0 Å². The fourth-order valence-electron chi connectivity index (χ4n) is 4.71. The summed E-state index contributed by atoms with van der Waals surface area (Å²) >= 11 is 1.51. The van der Waals surface area contributed by atoms with Crippen LogP contribution in [-0.2, 0) is 26.3 Å². The number of hydrogen-bond donors (Lipinski definition) is 1. The highest BCUT2D eigenvalue weighted by Crippen LogP contribution is 2.50. The Balaban J connectivity index is 1.98. The van der Waals surface area contributed by atoms with Crippen molar-refractivity contribution in [1.82, 2.24) is 0 Å². The van der Waals surface area contributed by atoms with Crippen LogP contribution >= 0.6 is 11.3 Å². The molecule has 1 N–H and O–H groups in total. The lowest BCUT2D eigenvalue weighted by atomic mass is 9.82. The number of para-hydroxylation sites is 1. The zero-order valence-corrected chi connectivity index (χ0v) is 20.2. The highest BCUT2D eigenvalue weighted by atomic mass is 32.1. The van der Waals surface area contributed by atoms with Crippen LogP contribution in [0.2, 0.25) is 0 Å². The van der Waals surface area contributed by atoms with Gasteiger partial charge >= 0.3 is 5.97 Å². The molecule has 7 nitrogen and oxygen atoms in total. The second kappa shape index (κ2) is 9.27. The number of carbonyl (C=O) groups excluding carboxylic acids is 1. The molecule has 0 unspecified atom stereocenters. The molecule has 0 radical (unpaired) electrons. The number of carbonyl (C=O) groups is 2. The fourth-order valence-corrected chi connectivity index (χ4v) is 5.87. The number of hydrogen-bond acceptors (Lipinski definition) is 6. The summed E-state index contributed by atoms with van der Waals surface area (Å²) in [5.41, 5.74) is 4.80. The van der Waals surface area contributed by atoms with Crippen LogP contribution in [0.5, 0.6) is 0 Å². The van der Waals surface area contributed by atoms with Gasteiger partial charge in [0.1, 0.15) is 17.4 Å². The molecule has 34 heavy (non-hydrogen) atoms. The zero-order valence-electron chi connectivity index (χ0n) is 19.4. The summed E-state index contributed by atoms with van der Waals surface area (Å²) in [5, 5.41) is 20.6. The summed E-state index contributed by atoms with van der Waals surface area (Å²) in [6, 6.07) is 16.5. The molecule has 0 atom stereocenters. The first-order valence-electron chi connectivity index (χ1n) is 11.0. The Kier molecular flexibility index (Phi) is 6.40. The number of allylic oxidation sites excluding steroid dienone is 2. The van der Waals surface area contributed by atoms with E-state index in [1.54, 1.807) is 0 Å². The number of nitriles is 1. The van der Waals surface area contributed by atoms with Gasteiger partial charge in [0.15, 0.2) is 12.1 Å². The van der Waals surface area contributed by atoms with Gasteiger partial charge in [-0.1, -0.05) is 49.4 Å². The predicted molar refractivity (Wildman–Crippen MR) is 130 cm³/mol. The standard InChI is InChI=1S/C26H25N3O4S/c1-17-8-9-22-21(14-17)29(12-13-33-16-30)25(34-22)18(15-27)24-26(2,3)19-6-4-5-7-20(19)28(24)11-10-23(31)32/h4-9,14,16H,10-13H2,1-3H3/p+1. The lowest BCUT2D eigenvalue weighted by Crippen LogP contribution is -2.39. The van der Waals surface area contributed by atoms with Gasteiger partial charge in [0, 0.05) is 23.7 Å².